The third kappa shape index (κ3) is 6.75. The zero-order valence-electron chi connectivity index (χ0n) is 13.6. The molecular weight excluding hydrogens is 220 g/mol. The molecule has 18 heavy (non-hydrogen) atoms. The maximum atomic E-state index is 2.64. The summed E-state index contributed by atoms with van der Waals surface area (Å²) in [6.07, 6.45) is 4.11. The predicted octanol–water partition coefficient (Wildman–Crippen LogP) is 3.48. The average molecular weight is 254 g/mol. The van der Waals surface area contributed by atoms with Crippen molar-refractivity contribution in [1.29, 1.82) is 0 Å². The van der Waals surface area contributed by atoms with Gasteiger partial charge in [0.05, 0.1) is 0 Å². The molecule has 0 aliphatic carbocycles. The Kier molecular flexibility index (Phi) is 5.67. The van der Waals surface area contributed by atoms with Crippen molar-refractivity contribution in [2.45, 2.75) is 53.9 Å². The van der Waals surface area contributed by atoms with Crippen LogP contribution in [0.4, 0.5) is 0 Å². The minimum atomic E-state index is 0.411. The standard InChI is InChI=1S/C16H34N2/c1-15(2,3)13-17(6)12-9-16(4,5)14-18-10-7-8-11-18/h7-14H2,1-6H3. The van der Waals surface area contributed by atoms with Crippen molar-refractivity contribution in [3.63, 3.8) is 0 Å². The molecule has 1 aliphatic rings. The van der Waals surface area contributed by atoms with Crippen LogP contribution in [-0.2, 0) is 0 Å². The van der Waals surface area contributed by atoms with Gasteiger partial charge in [-0.1, -0.05) is 34.6 Å². The number of hydrogen-bond acceptors (Lipinski definition) is 2. The average Bonchev–Trinajstić information content (AvgIpc) is 2.64. The van der Waals surface area contributed by atoms with E-state index in [9.17, 15) is 0 Å². The first-order valence-electron chi connectivity index (χ1n) is 7.59. The highest BCUT2D eigenvalue weighted by Crippen LogP contribution is 2.25. The fourth-order valence-corrected chi connectivity index (χ4v) is 3.01. The van der Waals surface area contributed by atoms with E-state index in [0.717, 1.165) is 0 Å². The van der Waals surface area contributed by atoms with Crippen LogP contribution in [0.25, 0.3) is 0 Å². The SMILES string of the molecule is CN(CCC(C)(C)CN1CCCC1)CC(C)(C)C. The van der Waals surface area contributed by atoms with Crippen LogP contribution in [0.5, 0.6) is 0 Å². The van der Waals surface area contributed by atoms with Gasteiger partial charge >= 0.3 is 0 Å². The van der Waals surface area contributed by atoms with E-state index in [1.165, 1.54) is 52.0 Å². The summed E-state index contributed by atoms with van der Waals surface area (Å²) in [4.78, 5) is 5.13. The van der Waals surface area contributed by atoms with Gasteiger partial charge in [0, 0.05) is 13.1 Å². The Morgan fingerprint density at radius 2 is 1.56 bits per heavy atom. The molecule has 0 N–H and O–H groups in total. The molecule has 0 atom stereocenters. The first-order chi connectivity index (χ1) is 8.18. The summed E-state index contributed by atoms with van der Waals surface area (Å²) >= 11 is 0. The van der Waals surface area contributed by atoms with Gasteiger partial charge in [0.1, 0.15) is 0 Å². The molecule has 0 spiro atoms. The fraction of sp³-hybridized carbons (Fsp3) is 1.00. The zero-order valence-corrected chi connectivity index (χ0v) is 13.6. The third-order valence-corrected chi connectivity index (χ3v) is 3.76. The molecule has 0 bridgehead atoms. The molecule has 1 aliphatic heterocycles. The van der Waals surface area contributed by atoms with E-state index >= 15 is 0 Å². The molecule has 0 saturated carbocycles. The van der Waals surface area contributed by atoms with Gasteiger partial charge in [-0.25, -0.2) is 0 Å². The largest absolute Gasteiger partial charge is 0.306 e. The molecule has 2 nitrogen and oxygen atoms in total. The molecule has 0 aromatic carbocycles. The van der Waals surface area contributed by atoms with Gasteiger partial charge in [0.25, 0.3) is 0 Å². The van der Waals surface area contributed by atoms with Crippen LogP contribution < -0.4 is 0 Å². The van der Waals surface area contributed by atoms with E-state index in [4.69, 9.17) is 0 Å². The van der Waals surface area contributed by atoms with Crippen molar-refractivity contribution in [2.24, 2.45) is 10.8 Å². The molecule has 0 aromatic rings. The molecule has 1 fully saturated rings. The molecule has 1 saturated heterocycles. The van der Waals surface area contributed by atoms with Crippen LogP contribution in [0.15, 0.2) is 0 Å². The van der Waals surface area contributed by atoms with Gasteiger partial charge in [-0.15, -0.1) is 0 Å². The van der Waals surface area contributed by atoms with Crippen LogP contribution in [0.1, 0.15) is 53.9 Å². The van der Waals surface area contributed by atoms with E-state index in [2.05, 4.69) is 51.5 Å². The first-order valence-corrected chi connectivity index (χ1v) is 7.59. The Morgan fingerprint density at radius 3 is 2.06 bits per heavy atom. The summed E-state index contributed by atoms with van der Waals surface area (Å²) in [5, 5.41) is 0. The molecule has 0 radical (unpaired) electrons. The predicted molar refractivity (Wildman–Crippen MR) is 81.0 cm³/mol. The molecule has 1 heterocycles. The topological polar surface area (TPSA) is 6.48 Å². The van der Waals surface area contributed by atoms with Gasteiger partial charge in [-0.05, 0) is 56.8 Å². The van der Waals surface area contributed by atoms with E-state index in [1.54, 1.807) is 0 Å². The number of hydrogen-bond donors (Lipinski definition) is 0. The van der Waals surface area contributed by atoms with Crippen molar-refractivity contribution in [2.75, 3.05) is 39.8 Å². The van der Waals surface area contributed by atoms with Crippen molar-refractivity contribution in [3.05, 3.63) is 0 Å². The van der Waals surface area contributed by atoms with Crippen molar-refractivity contribution >= 4 is 0 Å². The highest BCUT2D eigenvalue weighted by Gasteiger charge is 2.24. The van der Waals surface area contributed by atoms with Gasteiger partial charge in [-0.3, -0.25) is 0 Å². The number of likely N-dealkylation sites (tertiary alicyclic amines) is 1. The van der Waals surface area contributed by atoms with Crippen molar-refractivity contribution < 1.29 is 0 Å². The summed E-state index contributed by atoms with van der Waals surface area (Å²) in [5.74, 6) is 0. The second-order valence-electron chi connectivity index (χ2n) is 8.20. The second-order valence-corrected chi connectivity index (χ2v) is 8.20. The van der Waals surface area contributed by atoms with E-state index in [0.29, 0.717) is 10.8 Å². The maximum absolute atomic E-state index is 2.64. The normalized spacial score (nSPS) is 18.8. The molecule has 2 heteroatoms. The number of rotatable bonds is 6. The Morgan fingerprint density at radius 1 is 1.00 bits per heavy atom. The zero-order chi connectivity index (χ0) is 13.8. The lowest BCUT2D eigenvalue weighted by Gasteiger charge is -2.33. The lowest BCUT2D eigenvalue weighted by atomic mass is 9.88. The molecule has 0 amide bonds. The Balaban J connectivity index is 2.27. The van der Waals surface area contributed by atoms with Crippen molar-refractivity contribution in [3.8, 4) is 0 Å². The van der Waals surface area contributed by atoms with Crippen molar-refractivity contribution in [1.82, 2.24) is 9.80 Å². The van der Waals surface area contributed by atoms with Crippen LogP contribution in [0.2, 0.25) is 0 Å². The van der Waals surface area contributed by atoms with E-state index < -0.39 is 0 Å². The lowest BCUT2D eigenvalue weighted by molar-refractivity contribution is 0.157. The smallest absolute Gasteiger partial charge is 0.00332 e. The minimum absolute atomic E-state index is 0.411. The van der Waals surface area contributed by atoms with Crippen LogP contribution in [0, 0.1) is 10.8 Å². The summed E-state index contributed by atoms with van der Waals surface area (Å²) in [5.41, 5.74) is 0.865. The van der Waals surface area contributed by atoms with Gasteiger partial charge in [-0.2, -0.15) is 0 Å². The monoisotopic (exact) mass is 254 g/mol. The molecular formula is C16H34N2. The molecule has 0 aromatic heterocycles. The third-order valence-electron chi connectivity index (χ3n) is 3.76. The maximum Gasteiger partial charge on any atom is 0.00332 e. The Hall–Kier alpha value is -0.0800. The van der Waals surface area contributed by atoms with E-state index in [-0.39, 0.29) is 0 Å². The Bertz CT molecular complexity index is 234. The highest BCUT2D eigenvalue weighted by atomic mass is 15.1. The summed E-state index contributed by atoms with van der Waals surface area (Å²) in [7, 11) is 2.26. The van der Waals surface area contributed by atoms with Gasteiger partial charge < -0.3 is 9.80 Å². The number of nitrogens with zero attached hydrogens (tertiary/aromatic N) is 2. The fourth-order valence-electron chi connectivity index (χ4n) is 3.01. The molecule has 108 valence electrons. The molecule has 1 rings (SSSR count). The highest BCUT2D eigenvalue weighted by molar-refractivity contribution is 4.78. The van der Waals surface area contributed by atoms with Gasteiger partial charge in [0.2, 0.25) is 0 Å². The minimum Gasteiger partial charge on any atom is -0.306 e. The second kappa shape index (κ2) is 6.38. The molecule has 0 unspecified atom stereocenters. The van der Waals surface area contributed by atoms with Crippen LogP contribution >= 0.6 is 0 Å². The van der Waals surface area contributed by atoms with Crippen LogP contribution in [-0.4, -0.2) is 49.6 Å². The summed E-state index contributed by atoms with van der Waals surface area (Å²) < 4.78 is 0. The van der Waals surface area contributed by atoms with Crippen LogP contribution in [0.3, 0.4) is 0 Å². The summed E-state index contributed by atoms with van der Waals surface area (Å²) in [6, 6.07) is 0. The lowest BCUT2D eigenvalue weighted by Crippen LogP contribution is -2.36. The summed E-state index contributed by atoms with van der Waals surface area (Å²) in [6.45, 7) is 18.1. The van der Waals surface area contributed by atoms with E-state index in [1.807, 2.05) is 0 Å². The first kappa shape index (κ1) is 16.0. The van der Waals surface area contributed by atoms with Gasteiger partial charge in [0.15, 0.2) is 0 Å². The quantitative estimate of drug-likeness (QED) is 0.716. The Labute approximate surface area is 115 Å².